The summed E-state index contributed by atoms with van der Waals surface area (Å²) in [5, 5.41) is 10.5. The van der Waals surface area contributed by atoms with Gasteiger partial charge in [0.2, 0.25) is 0 Å². The molecule has 0 spiro atoms. The van der Waals surface area contributed by atoms with Gasteiger partial charge in [0.25, 0.3) is 0 Å². The summed E-state index contributed by atoms with van der Waals surface area (Å²) < 4.78 is 27.6. The van der Waals surface area contributed by atoms with Crippen LogP contribution >= 0.6 is 15.9 Å². The molecule has 20 heavy (non-hydrogen) atoms. The van der Waals surface area contributed by atoms with E-state index in [1.54, 1.807) is 38.1 Å². The van der Waals surface area contributed by atoms with Crippen molar-refractivity contribution in [3.05, 3.63) is 69.7 Å². The van der Waals surface area contributed by atoms with Crippen molar-refractivity contribution >= 4 is 15.9 Å². The molecule has 2 aromatic rings. The van der Waals surface area contributed by atoms with Crippen molar-refractivity contribution in [2.75, 3.05) is 0 Å². The SMILES string of the molecule is CC(C)(c1ccc(F)cc1)C(O)c1cc(Br)ccc1F. The van der Waals surface area contributed by atoms with Gasteiger partial charge in [0.1, 0.15) is 11.6 Å². The summed E-state index contributed by atoms with van der Waals surface area (Å²) in [4.78, 5) is 0. The van der Waals surface area contributed by atoms with Crippen LogP contribution in [0.15, 0.2) is 46.9 Å². The number of benzene rings is 2. The number of halogens is 3. The highest BCUT2D eigenvalue weighted by Crippen LogP contribution is 2.38. The van der Waals surface area contributed by atoms with Crippen molar-refractivity contribution in [3.8, 4) is 0 Å². The Bertz CT molecular complexity index is 608. The van der Waals surface area contributed by atoms with Gasteiger partial charge >= 0.3 is 0 Å². The maximum absolute atomic E-state index is 13.9. The van der Waals surface area contributed by atoms with Gasteiger partial charge in [-0.05, 0) is 35.9 Å². The Morgan fingerprint density at radius 1 is 1.05 bits per heavy atom. The van der Waals surface area contributed by atoms with E-state index >= 15 is 0 Å². The molecule has 0 fully saturated rings. The molecule has 1 atom stereocenters. The first-order chi connectivity index (χ1) is 9.32. The van der Waals surface area contributed by atoms with Crippen LogP contribution in [0.4, 0.5) is 8.78 Å². The summed E-state index contributed by atoms with van der Waals surface area (Å²) in [6, 6.07) is 10.3. The zero-order chi connectivity index (χ0) is 14.9. The maximum Gasteiger partial charge on any atom is 0.129 e. The fourth-order valence-corrected chi connectivity index (χ4v) is 2.53. The molecular weight excluding hydrogens is 326 g/mol. The average Bonchev–Trinajstić information content (AvgIpc) is 2.41. The van der Waals surface area contributed by atoms with Crippen LogP contribution in [-0.4, -0.2) is 5.11 Å². The van der Waals surface area contributed by atoms with Crippen molar-refractivity contribution < 1.29 is 13.9 Å². The third kappa shape index (κ3) is 2.91. The monoisotopic (exact) mass is 340 g/mol. The first-order valence-electron chi connectivity index (χ1n) is 6.21. The van der Waals surface area contributed by atoms with E-state index in [2.05, 4.69) is 15.9 Å². The molecule has 0 aliphatic rings. The molecule has 1 unspecified atom stereocenters. The van der Waals surface area contributed by atoms with E-state index in [0.29, 0.717) is 4.47 Å². The van der Waals surface area contributed by atoms with E-state index in [4.69, 9.17) is 0 Å². The third-order valence-electron chi connectivity index (χ3n) is 3.52. The van der Waals surface area contributed by atoms with Crippen LogP contribution in [0.1, 0.15) is 31.1 Å². The van der Waals surface area contributed by atoms with Gasteiger partial charge in [-0.3, -0.25) is 0 Å². The van der Waals surface area contributed by atoms with Crippen molar-refractivity contribution in [3.63, 3.8) is 0 Å². The van der Waals surface area contributed by atoms with Crippen LogP contribution < -0.4 is 0 Å². The first kappa shape index (κ1) is 15.1. The van der Waals surface area contributed by atoms with Crippen LogP contribution in [-0.2, 0) is 5.41 Å². The molecule has 0 saturated carbocycles. The molecule has 0 aliphatic heterocycles. The Kier molecular flexibility index (Phi) is 4.25. The fourth-order valence-electron chi connectivity index (χ4n) is 2.15. The first-order valence-corrected chi connectivity index (χ1v) is 7.00. The van der Waals surface area contributed by atoms with E-state index in [0.717, 1.165) is 5.56 Å². The number of rotatable bonds is 3. The zero-order valence-corrected chi connectivity index (χ0v) is 12.8. The number of aliphatic hydroxyl groups is 1. The lowest BCUT2D eigenvalue weighted by molar-refractivity contribution is 0.0965. The molecule has 2 rings (SSSR count). The largest absolute Gasteiger partial charge is 0.387 e. The Morgan fingerprint density at radius 3 is 2.25 bits per heavy atom. The van der Waals surface area contributed by atoms with Crippen LogP contribution in [0.2, 0.25) is 0 Å². The van der Waals surface area contributed by atoms with Gasteiger partial charge in [0.05, 0.1) is 6.10 Å². The predicted molar refractivity (Wildman–Crippen MR) is 78.5 cm³/mol. The fraction of sp³-hybridized carbons (Fsp3) is 0.250. The van der Waals surface area contributed by atoms with E-state index < -0.39 is 17.3 Å². The van der Waals surface area contributed by atoms with Crippen LogP contribution in [0.25, 0.3) is 0 Å². The smallest absolute Gasteiger partial charge is 0.129 e. The molecule has 0 heterocycles. The summed E-state index contributed by atoms with van der Waals surface area (Å²) in [6.45, 7) is 3.59. The normalized spacial score (nSPS) is 13.3. The van der Waals surface area contributed by atoms with Gasteiger partial charge in [-0.15, -0.1) is 0 Å². The minimum absolute atomic E-state index is 0.216. The maximum atomic E-state index is 13.9. The Hall–Kier alpha value is -1.26. The van der Waals surface area contributed by atoms with E-state index in [1.165, 1.54) is 18.2 Å². The molecule has 106 valence electrons. The third-order valence-corrected chi connectivity index (χ3v) is 4.02. The molecule has 0 bridgehead atoms. The van der Waals surface area contributed by atoms with Gasteiger partial charge in [0.15, 0.2) is 0 Å². The molecule has 1 N–H and O–H groups in total. The Balaban J connectivity index is 2.42. The molecule has 0 radical (unpaired) electrons. The molecule has 0 saturated heterocycles. The van der Waals surface area contributed by atoms with Gasteiger partial charge in [-0.1, -0.05) is 41.9 Å². The van der Waals surface area contributed by atoms with Gasteiger partial charge < -0.3 is 5.11 Å². The van der Waals surface area contributed by atoms with E-state index in [9.17, 15) is 13.9 Å². The van der Waals surface area contributed by atoms with E-state index in [1.807, 2.05) is 0 Å². The topological polar surface area (TPSA) is 20.2 Å². The lowest BCUT2D eigenvalue weighted by Gasteiger charge is -2.31. The molecule has 4 heteroatoms. The lowest BCUT2D eigenvalue weighted by Crippen LogP contribution is -2.27. The van der Waals surface area contributed by atoms with E-state index in [-0.39, 0.29) is 11.4 Å². The summed E-state index contributed by atoms with van der Waals surface area (Å²) in [7, 11) is 0. The standard InChI is InChI=1S/C16H15BrF2O/c1-16(2,10-3-6-12(18)7-4-10)15(20)13-9-11(17)5-8-14(13)19/h3-9,15,20H,1-2H3. The number of hydrogen-bond acceptors (Lipinski definition) is 1. The van der Waals surface area contributed by atoms with Crippen LogP contribution in [0.5, 0.6) is 0 Å². The van der Waals surface area contributed by atoms with Crippen molar-refractivity contribution in [1.82, 2.24) is 0 Å². The predicted octanol–water partition coefficient (Wildman–Crippen LogP) is 4.74. The zero-order valence-electron chi connectivity index (χ0n) is 11.2. The van der Waals surface area contributed by atoms with Crippen molar-refractivity contribution in [1.29, 1.82) is 0 Å². The van der Waals surface area contributed by atoms with Crippen molar-refractivity contribution in [2.24, 2.45) is 0 Å². The Morgan fingerprint density at radius 2 is 1.65 bits per heavy atom. The second kappa shape index (κ2) is 5.62. The minimum atomic E-state index is -1.04. The van der Waals surface area contributed by atoms with Crippen LogP contribution in [0.3, 0.4) is 0 Å². The molecule has 0 amide bonds. The molecule has 0 aliphatic carbocycles. The molecule has 0 aromatic heterocycles. The van der Waals surface area contributed by atoms with Crippen LogP contribution in [0, 0.1) is 11.6 Å². The minimum Gasteiger partial charge on any atom is -0.387 e. The average molecular weight is 341 g/mol. The summed E-state index contributed by atoms with van der Waals surface area (Å²) in [5.74, 6) is -0.802. The second-order valence-electron chi connectivity index (χ2n) is 5.30. The highest BCUT2D eigenvalue weighted by Gasteiger charge is 2.32. The van der Waals surface area contributed by atoms with Crippen molar-refractivity contribution in [2.45, 2.75) is 25.4 Å². The summed E-state index contributed by atoms with van der Waals surface area (Å²) in [6.07, 6.45) is -1.04. The summed E-state index contributed by atoms with van der Waals surface area (Å²) >= 11 is 3.27. The molecule has 2 aromatic carbocycles. The molecular formula is C16H15BrF2O. The highest BCUT2D eigenvalue weighted by atomic mass is 79.9. The number of hydrogen-bond donors (Lipinski definition) is 1. The highest BCUT2D eigenvalue weighted by molar-refractivity contribution is 9.10. The number of aliphatic hydroxyl groups excluding tert-OH is 1. The Labute approximate surface area is 125 Å². The van der Waals surface area contributed by atoms with Gasteiger partial charge in [0, 0.05) is 15.5 Å². The van der Waals surface area contributed by atoms with Gasteiger partial charge in [-0.2, -0.15) is 0 Å². The lowest BCUT2D eigenvalue weighted by atomic mass is 9.76. The molecule has 1 nitrogen and oxygen atoms in total. The quantitative estimate of drug-likeness (QED) is 0.855. The summed E-state index contributed by atoms with van der Waals surface area (Å²) in [5.41, 5.74) is 0.217. The second-order valence-corrected chi connectivity index (χ2v) is 6.21. The van der Waals surface area contributed by atoms with Gasteiger partial charge in [-0.25, -0.2) is 8.78 Å².